The minimum atomic E-state index is -3.65. The van der Waals surface area contributed by atoms with Crippen LogP contribution in [0.3, 0.4) is 0 Å². The van der Waals surface area contributed by atoms with Gasteiger partial charge in [-0.05, 0) is 80.8 Å². The number of nitrogens with one attached hydrogen (secondary N) is 1. The summed E-state index contributed by atoms with van der Waals surface area (Å²) in [5.41, 5.74) is 1.21. The van der Waals surface area contributed by atoms with Crippen LogP contribution in [0.1, 0.15) is 56.6 Å². The van der Waals surface area contributed by atoms with Crippen molar-refractivity contribution in [3.63, 3.8) is 0 Å². The molecule has 4 aliphatic rings. The fraction of sp³-hybridized carbons (Fsp3) is 0.533. The molecule has 4 fully saturated rings. The molecule has 6 rings (SSSR count). The predicted molar refractivity (Wildman–Crippen MR) is 145 cm³/mol. The molecule has 1 amide bonds. The highest BCUT2D eigenvalue weighted by Crippen LogP contribution is 2.64. The van der Waals surface area contributed by atoms with Crippen molar-refractivity contribution in [2.45, 2.75) is 69.9 Å². The smallest absolute Gasteiger partial charge is 0.408 e. The lowest BCUT2D eigenvalue weighted by Crippen LogP contribution is -2.52. The van der Waals surface area contributed by atoms with Crippen molar-refractivity contribution in [2.75, 3.05) is 6.16 Å². The first-order valence-electron chi connectivity index (χ1n) is 13.8. The Hall–Kier alpha value is -2.63. The first-order valence-corrected chi connectivity index (χ1v) is 15.6. The Labute approximate surface area is 224 Å². The van der Waals surface area contributed by atoms with Gasteiger partial charge in [0.25, 0.3) is 0 Å². The van der Waals surface area contributed by atoms with E-state index in [1.807, 2.05) is 60.7 Å². The van der Waals surface area contributed by atoms with Crippen molar-refractivity contribution >= 4 is 19.4 Å². The third-order valence-electron chi connectivity index (χ3n) is 8.61. The Balaban J connectivity index is 1.34. The summed E-state index contributed by atoms with van der Waals surface area (Å²) in [6, 6.07) is 18.7. The van der Waals surface area contributed by atoms with Gasteiger partial charge in [0.1, 0.15) is 12.4 Å². The number of carboxylic acid groups (broad SMARTS) is 1. The zero-order chi connectivity index (χ0) is 26.8. The molecule has 2 aromatic carbocycles. The van der Waals surface area contributed by atoms with Gasteiger partial charge < -0.3 is 19.7 Å². The number of rotatable bonds is 11. The van der Waals surface area contributed by atoms with E-state index in [-0.39, 0.29) is 19.2 Å². The van der Waals surface area contributed by atoms with Crippen LogP contribution in [-0.2, 0) is 31.6 Å². The molecule has 4 aliphatic carbocycles. The highest BCUT2D eigenvalue weighted by molar-refractivity contribution is 7.59. The van der Waals surface area contributed by atoms with Crippen molar-refractivity contribution in [1.29, 1.82) is 0 Å². The summed E-state index contributed by atoms with van der Waals surface area (Å²) in [5.74, 6) is -1.06. The Morgan fingerprint density at radius 2 is 1.47 bits per heavy atom. The summed E-state index contributed by atoms with van der Waals surface area (Å²) in [6.45, 7) is 1.75. The second-order valence-corrected chi connectivity index (χ2v) is 14.5. The topological polar surface area (TPSA) is 102 Å². The molecule has 0 spiro atoms. The number of carboxylic acids is 1. The minimum Gasteiger partial charge on any atom is -0.481 e. The number of hydrogen-bond acceptors (Lipinski definition) is 5. The number of carbonyl (C=O) groups is 2. The van der Waals surface area contributed by atoms with Crippen LogP contribution in [0, 0.1) is 23.7 Å². The molecule has 2 aromatic rings. The third-order valence-corrected chi connectivity index (χ3v) is 11.6. The van der Waals surface area contributed by atoms with Crippen molar-refractivity contribution in [3.05, 3.63) is 71.8 Å². The van der Waals surface area contributed by atoms with Crippen molar-refractivity contribution in [3.8, 4) is 0 Å². The van der Waals surface area contributed by atoms with Crippen LogP contribution < -0.4 is 5.32 Å². The van der Waals surface area contributed by atoms with Gasteiger partial charge in [0.05, 0.1) is 11.5 Å². The minimum absolute atomic E-state index is 0.0886. The standard InChI is InChI=1S/C30H38NO6P/c1-21(31-29(34)36-19-23-10-6-3-7-11-23)38(35,20-27(28(32)33)15-22-8-4-2-5-9-22)37-30-16-24-12-25(17-30)14-26(13-24)18-30/h2-11,21,24-27H,12-20H2,1H3,(H,31,34)(H,32,33). The van der Waals surface area contributed by atoms with Gasteiger partial charge >= 0.3 is 12.1 Å². The molecule has 4 saturated carbocycles. The van der Waals surface area contributed by atoms with Gasteiger partial charge in [0, 0.05) is 6.16 Å². The molecule has 7 nitrogen and oxygen atoms in total. The van der Waals surface area contributed by atoms with Crippen LogP contribution >= 0.6 is 7.37 Å². The molecule has 0 heterocycles. The Morgan fingerprint density at radius 1 is 0.947 bits per heavy atom. The van der Waals surface area contributed by atoms with E-state index in [0.29, 0.717) is 17.8 Å². The van der Waals surface area contributed by atoms with E-state index in [9.17, 15) is 19.3 Å². The van der Waals surface area contributed by atoms with E-state index >= 15 is 0 Å². The molecule has 3 unspecified atom stereocenters. The van der Waals surface area contributed by atoms with Crippen LogP contribution in [0.5, 0.6) is 0 Å². The van der Waals surface area contributed by atoms with Gasteiger partial charge in [-0.2, -0.15) is 0 Å². The lowest BCUT2D eigenvalue weighted by molar-refractivity contribution is -0.141. The summed E-state index contributed by atoms with van der Waals surface area (Å²) in [7, 11) is -3.65. The summed E-state index contributed by atoms with van der Waals surface area (Å²) in [5, 5.41) is 12.9. The number of hydrogen-bond donors (Lipinski definition) is 2. The maximum Gasteiger partial charge on any atom is 0.408 e. The fourth-order valence-electron chi connectivity index (χ4n) is 7.21. The van der Waals surface area contributed by atoms with Gasteiger partial charge in [-0.25, -0.2) is 4.79 Å². The van der Waals surface area contributed by atoms with Gasteiger partial charge in [0.2, 0.25) is 7.37 Å². The number of alkyl carbamates (subject to hydrolysis) is 1. The van der Waals surface area contributed by atoms with Gasteiger partial charge in [-0.15, -0.1) is 0 Å². The van der Waals surface area contributed by atoms with Crippen molar-refractivity contribution < 1.29 is 28.5 Å². The van der Waals surface area contributed by atoms with E-state index < -0.39 is 36.7 Å². The molecule has 38 heavy (non-hydrogen) atoms. The second kappa shape index (κ2) is 11.2. The average molecular weight is 540 g/mol. The molecule has 4 bridgehead atoms. The van der Waals surface area contributed by atoms with E-state index in [0.717, 1.165) is 30.4 Å². The van der Waals surface area contributed by atoms with Crippen LogP contribution in [0.25, 0.3) is 0 Å². The number of amides is 1. The van der Waals surface area contributed by atoms with Crippen molar-refractivity contribution in [2.24, 2.45) is 23.7 Å². The zero-order valence-electron chi connectivity index (χ0n) is 22.0. The highest BCUT2D eigenvalue weighted by atomic mass is 31.2. The second-order valence-electron chi connectivity index (χ2n) is 11.7. The SMILES string of the molecule is CC(NC(=O)OCc1ccccc1)P(=O)(CC(Cc1ccccc1)C(=O)O)OC12CC3CC(CC(C3)C1)C2. The Bertz CT molecular complexity index is 1130. The molecular formula is C30H38NO6P. The Morgan fingerprint density at radius 3 is 2.00 bits per heavy atom. The highest BCUT2D eigenvalue weighted by Gasteiger charge is 2.55. The lowest BCUT2D eigenvalue weighted by Gasteiger charge is -2.57. The normalized spacial score (nSPS) is 28.7. The summed E-state index contributed by atoms with van der Waals surface area (Å²) >= 11 is 0. The van der Waals surface area contributed by atoms with Crippen LogP contribution in [0.4, 0.5) is 4.79 Å². The molecule has 2 N–H and O–H groups in total. The van der Waals surface area contributed by atoms with E-state index in [2.05, 4.69) is 5.32 Å². The monoisotopic (exact) mass is 539 g/mol. The van der Waals surface area contributed by atoms with Gasteiger partial charge in [-0.1, -0.05) is 60.7 Å². The maximum absolute atomic E-state index is 14.8. The number of benzene rings is 2. The van der Waals surface area contributed by atoms with E-state index in [1.54, 1.807) is 6.92 Å². The molecular weight excluding hydrogens is 501 g/mol. The maximum atomic E-state index is 14.8. The predicted octanol–water partition coefficient (Wildman–Crippen LogP) is 6.47. The van der Waals surface area contributed by atoms with Gasteiger partial charge in [0.15, 0.2) is 0 Å². The number of aliphatic carboxylic acids is 1. The summed E-state index contributed by atoms with van der Waals surface area (Å²) < 4.78 is 26.9. The molecule has 0 saturated heterocycles. The molecule has 0 aromatic heterocycles. The van der Waals surface area contributed by atoms with Crippen molar-refractivity contribution in [1.82, 2.24) is 5.32 Å². The lowest BCUT2D eigenvalue weighted by atomic mass is 9.54. The number of carbonyl (C=O) groups excluding carboxylic acids is 1. The quantitative estimate of drug-likeness (QED) is 0.318. The molecule has 3 atom stereocenters. The largest absolute Gasteiger partial charge is 0.481 e. The van der Waals surface area contributed by atoms with E-state index in [4.69, 9.17) is 9.26 Å². The first-order chi connectivity index (χ1) is 18.2. The molecule has 0 radical (unpaired) electrons. The third kappa shape index (κ3) is 6.32. The van der Waals surface area contributed by atoms with Gasteiger partial charge in [-0.3, -0.25) is 9.36 Å². The Kier molecular flexibility index (Phi) is 7.97. The molecule has 0 aliphatic heterocycles. The summed E-state index contributed by atoms with van der Waals surface area (Å²) in [4.78, 5) is 25.1. The van der Waals surface area contributed by atoms with Crippen LogP contribution in [0.15, 0.2) is 60.7 Å². The zero-order valence-corrected chi connectivity index (χ0v) is 22.9. The van der Waals surface area contributed by atoms with Crippen LogP contribution in [0.2, 0.25) is 0 Å². The average Bonchev–Trinajstić information content (AvgIpc) is 2.87. The fourth-order valence-corrected chi connectivity index (χ4v) is 9.84. The first kappa shape index (κ1) is 27.0. The molecule has 204 valence electrons. The van der Waals surface area contributed by atoms with Crippen LogP contribution in [-0.4, -0.2) is 34.7 Å². The molecule has 8 heteroatoms. The number of ether oxygens (including phenoxy) is 1. The summed E-state index contributed by atoms with van der Waals surface area (Å²) in [6.07, 6.45) is 5.63. The van der Waals surface area contributed by atoms with E-state index in [1.165, 1.54) is 19.3 Å².